The minimum absolute atomic E-state index is 0.0351. The van der Waals surface area contributed by atoms with E-state index in [1.54, 1.807) is 0 Å². The number of phenolic OH excluding ortho intramolecular Hbond substituents is 1. The van der Waals surface area contributed by atoms with Crippen LogP contribution in [0.5, 0.6) is 11.5 Å². The Morgan fingerprint density at radius 1 is 1.50 bits per heavy atom. The van der Waals surface area contributed by atoms with E-state index in [-0.39, 0.29) is 29.5 Å². The van der Waals surface area contributed by atoms with Crippen molar-refractivity contribution < 1.29 is 14.6 Å². The second-order valence-electron chi connectivity index (χ2n) is 2.48. The van der Waals surface area contributed by atoms with Crippen LogP contribution in [0.4, 0.5) is 0 Å². The number of fused-ring (bicyclic) bond motifs is 1. The fraction of sp³-hybridized carbons (Fsp3) is 0.125. The Morgan fingerprint density at radius 2 is 2.25 bits per heavy atom. The summed E-state index contributed by atoms with van der Waals surface area (Å²) in [5.41, 5.74) is 0.289. The number of benzene rings is 1. The molecule has 2 rings (SSSR count). The maximum atomic E-state index is 11.1. The smallest absolute Gasteiger partial charge is 0.205 e. The summed E-state index contributed by atoms with van der Waals surface area (Å²) >= 11 is 5.72. The Bertz CT molecular complexity index is 360. The average Bonchev–Trinajstić information content (AvgIpc) is 2.42. The van der Waals surface area contributed by atoms with Gasteiger partial charge in [0, 0.05) is 0 Å². The van der Waals surface area contributed by atoms with Crippen molar-refractivity contribution in [1.29, 1.82) is 0 Å². The van der Waals surface area contributed by atoms with Crippen LogP contribution in [0.2, 0.25) is 5.02 Å². The van der Waals surface area contributed by atoms with E-state index in [0.717, 1.165) is 0 Å². The van der Waals surface area contributed by atoms with Gasteiger partial charge in [0.05, 0.1) is 10.6 Å². The van der Waals surface area contributed by atoms with Crippen LogP contribution in [-0.4, -0.2) is 17.5 Å². The first-order valence-corrected chi connectivity index (χ1v) is 3.75. The molecule has 1 aromatic rings. The lowest BCUT2D eigenvalue weighted by Gasteiger charge is -2.00. The number of hydrogen-bond donors (Lipinski definition) is 1. The first-order chi connectivity index (χ1) is 5.70. The Labute approximate surface area is 73.5 Å². The third-order valence-electron chi connectivity index (χ3n) is 1.71. The van der Waals surface area contributed by atoms with Crippen molar-refractivity contribution in [2.45, 2.75) is 0 Å². The first-order valence-electron chi connectivity index (χ1n) is 3.37. The second-order valence-corrected chi connectivity index (χ2v) is 2.89. The van der Waals surface area contributed by atoms with Crippen molar-refractivity contribution in [3.8, 4) is 11.5 Å². The molecule has 3 nitrogen and oxygen atoms in total. The summed E-state index contributed by atoms with van der Waals surface area (Å²) in [6.07, 6.45) is 0. The third kappa shape index (κ3) is 0.865. The number of hydrogen-bond acceptors (Lipinski definition) is 3. The monoisotopic (exact) mass is 184 g/mol. The Kier molecular flexibility index (Phi) is 1.48. The fourth-order valence-electron chi connectivity index (χ4n) is 1.16. The van der Waals surface area contributed by atoms with Gasteiger partial charge >= 0.3 is 0 Å². The minimum Gasteiger partial charge on any atom is -0.504 e. The molecule has 0 aromatic heterocycles. The molecule has 0 spiro atoms. The molecule has 0 unspecified atom stereocenters. The summed E-state index contributed by atoms with van der Waals surface area (Å²) in [5.74, 6) is -0.0290. The molecule has 1 aliphatic heterocycles. The van der Waals surface area contributed by atoms with Crippen LogP contribution in [0.3, 0.4) is 0 Å². The maximum absolute atomic E-state index is 11.1. The summed E-state index contributed by atoms with van der Waals surface area (Å²) in [6.45, 7) is -0.0351. The lowest BCUT2D eigenvalue weighted by Crippen LogP contribution is -1.99. The van der Waals surface area contributed by atoms with E-state index in [4.69, 9.17) is 16.3 Å². The number of carbonyl (C=O) groups is 1. The van der Waals surface area contributed by atoms with Gasteiger partial charge in [0.25, 0.3) is 0 Å². The molecule has 0 fully saturated rings. The van der Waals surface area contributed by atoms with Gasteiger partial charge in [0.2, 0.25) is 5.78 Å². The molecule has 0 aliphatic carbocycles. The van der Waals surface area contributed by atoms with Crippen molar-refractivity contribution in [2.24, 2.45) is 0 Å². The molecular weight excluding hydrogens is 180 g/mol. The highest BCUT2D eigenvalue weighted by molar-refractivity contribution is 6.34. The number of carbonyl (C=O) groups excluding carboxylic acids is 1. The summed E-state index contributed by atoms with van der Waals surface area (Å²) < 4.78 is 4.94. The van der Waals surface area contributed by atoms with E-state index in [0.29, 0.717) is 5.02 Å². The molecule has 1 aromatic carbocycles. The predicted molar refractivity (Wildman–Crippen MR) is 42.9 cm³/mol. The van der Waals surface area contributed by atoms with Gasteiger partial charge in [-0.05, 0) is 12.1 Å². The number of phenols is 1. The number of Topliss-reactive ketones (excluding diaryl/α,β-unsaturated/α-hetero) is 1. The lowest BCUT2D eigenvalue weighted by atomic mass is 10.1. The Balaban J connectivity index is 2.72. The summed E-state index contributed by atoms with van der Waals surface area (Å²) in [7, 11) is 0. The summed E-state index contributed by atoms with van der Waals surface area (Å²) in [5, 5.41) is 9.56. The molecule has 0 amide bonds. The van der Waals surface area contributed by atoms with Crippen molar-refractivity contribution in [1.82, 2.24) is 0 Å². The van der Waals surface area contributed by atoms with Gasteiger partial charge in [-0.25, -0.2) is 0 Å². The van der Waals surface area contributed by atoms with Crippen molar-refractivity contribution in [3.63, 3.8) is 0 Å². The van der Waals surface area contributed by atoms with Crippen LogP contribution >= 0.6 is 11.6 Å². The minimum atomic E-state index is -0.189. The zero-order valence-corrected chi connectivity index (χ0v) is 6.76. The van der Waals surface area contributed by atoms with Crippen LogP contribution < -0.4 is 4.74 Å². The summed E-state index contributed by atoms with van der Waals surface area (Å²) in [4.78, 5) is 11.1. The molecule has 12 heavy (non-hydrogen) atoms. The zero-order chi connectivity index (χ0) is 8.72. The Morgan fingerprint density at radius 3 is 2.92 bits per heavy atom. The van der Waals surface area contributed by atoms with Gasteiger partial charge in [-0.2, -0.15) is 0 Å². The van der Waals surface area contributed by atoms with Crippen LogP contribution in [0.15, 0.2) is 12.1 Å². The SMILES string of the molecule is O=C1COc2c(O)ccc(Cl)c21. The van der Waals surface area contributed by atoms with Crippen LogP contribution in [0.25, 0.3) is 0 Å². The quantitative estimate of drug-likeness (QED) is 0.667. The molecule has 62 valence electrons. The van der Waals surface area contributed by atoms with Gasteiger partial charge in [-0.1, -0.05) is 11.6 Å². The lowest BCUT2D eigenvalue weighted by molar-refractivity contribution is 0.0961. The molecule has 1 N–H and O–H groups in total. The van der Waals surface area contributed by atoms with Crippen LogP contribution in [-0.2, 0) is 0 Å². The largest absolute Gasteiger partial charge is 0.504 e. The molecular formula is C8H5ClO3. The van der Waals surface area contributed by atoms with E-state index in [9.17, 15) is 9.90 Å². The highest BCUT2D eigenvalue weighted by Crippen LogP contribution is 2.38. The second kappa shape index (κ2) is 2.38. The van der Waals surface area contributed by atoms with E-state index in [1.807, 2.05) is 0 Å². The van der Waals surface area contributed by atoms with Gasteiger partial charge in [0.1, 0.15) is 0 Å². The van der Waals surface area contributed by atoms with Crippen LogP contribution in [0, 0.1) is 0 Å². The van der Waals surface area contributed by atoms with E-state index >= 15 is 0 Å². The third-order valence-corrected chi connectivity index (χ3v) is 2.03. The number of rotatable bonds is 0. The predicted octanol–water partition coefficient (Wildman–Crippen LogP) is 1.62. The number of halogens is 1. The normalized spacial score (nSPS) is 14.2. The average molecular weight is 185 g/mol. The highest BCUT2D eigenvalue weighted by Gasteiger charge is 2.26. The highest BCUT2D eigenvalue weighted by atomic mass is 35.5. The molecule has 4 heteroatoms. The summed E-state index contributed by atoms with van der Waals surface area (Å²) in [6, 6.07) is 2.88. The molecule has 0 saturated heterocycles. The fourth-order valence-corrected chi connectivity index (χ4v) is 1.42. The number of ether oxygens (including phenoxy) is 1. The maximum Gasteiger partial charge on any atom is 0.205 e. The van der Waals surface area contributed by atoms with Gasteiger partial charge in [-0.15, -0.1) is 0 Å². The number of ketones is 1. The van der Waals surface area contributed by atoms with E-state index in [1.165, 1.54) is 12.1 Å². The molecule has 1 heterocycles. The van der Waals surface area contributed by atoms with Crippen LogP contribution in [0.1, 0.15) is 10.4 Å². The van der Waals surface area contributed by atoms with Crippen molar-refractivity contribution >= 4 is 17.4 Å². The first kappa shape index (κ1) is 7.43. The Hall–Kier alpha value is -1.22. The topological polar surface area (TPSA) is 46.5 Å². The van der Waals surface area contributed by atoms with Crippen molar-refractivity contribution in [2.75, 3.05) is 6.61 Å². The van der Waals surface area contributed by atoms with Gasteiger partial charge in [0.15, 0.2) is 18.1 Å². The number of aromatic hydroxyl groups is 1. The standard InChI is InChI=1S/C8H5ClO3/c9-4-1-2-5(10)8-7(4)6(11)3-12-8/h1-2,10H,3H2. The molecule has 0 radical (unpaired) electrons. The van der Waals surface area contributed by atoms with Gasteiger partial charge < -0.3 is 9.84 Å². The van der Waals surface area contributed by atoms with Gasteiger partial charge in [-0.3, -0.25) is 4.79 Å². The molecule has 0 saturated carbocycles. The van der Waals surface area contributed by atoms with Crippen molar-refractivity contribution in [3.05, 3.63) is 22.7 Å². The molecule has 0 bridgehead atoms. The van der Waals surface area contributed by atoms with E-state index < -0.39 is 0 Å². The molecule has 1 aliphatic rings. The van der Waals surface area contributed by atoms with E-state index in [2.05, 4.69) is 0 Å². The zero-order valence-electron chi connectivity index (χ0n) is 6.00. The molecule has 0 atom stereocenters.